The quantitative estimate of drug-likeness (QED) is 0.548. The third-order valence-corrected chi connectivity index (χ3v) is 5.81. The van der Waals surface area contributed by atoms with Gasteiger partial charge in [-0.3, -0.25) is 9.59 Å². The number of likely N-dealkylation sites (N-methyl/N-ethyl adjacent to an activating group) is 1. The molecule has 2 heterocycles. The molecule has 0 bridgehead atoms. The summed E-state index contributed by atoms with van der Waals surface area (Å²) in [5.74, 6) is -0.169. The Labute approximate surface area is 183 Å². The highest BCUT2D eigenvalue weighted by atomic mass is 32.2. The number of nitrogens with two attached hydrogens (primary N) is 1. The standard InChI is InChI=1S/C20H19N5O6S/c1-25-15-7-4-13(10-16(15)30-11-17(25)26)18-23-20(31-24-18)19(27)22-9-8-12-2-5-14(6-3-12)32(21,28)29/h2-7,10H,8-9,11H2,1H3,(H,22,27)(H2,21,28,29). The van der Waals surface area contributed by atoms with E-state index in [-0.39, 0.29) is 35.7 Å². The molecule has 3 N–H and O–H groups in total. The van der Waals surface area contributed by atoms with E-state index in [9.17, 15) is 18.0 Å². The SMILES string of the molecule is CN1C(=O)COc2cc(-c3noc(C(=O)NCCc4ccc(S(N)(=O)=O)cc4)n3)ccc21. The molecule has 0 aliphatic carbocycles. The van der Waals surface area contributed by atoms with Gasteiger partial charge in [-0.15, -0.1) is 0 Å². The van der Waals surface area contributed by atoms with Gasteiger partial charge in [-0.2, -0.15) is 4.98 Å². The molecule has 32 heavy (non-hydrogen) atoms. The molecule has 0 atom stereocenters. The number of hydrogen-bond acceptors (Lipinski definition) is 8. The molecule has 1 aromatic heterocycles. The Balaban J connectivity index is 1.37. The molecule has 2 amide bonds. The monoisotopic (exact) mass is 457 g/mol. The summed E-state index contributed by atoms with van der Waals surface area (Å²) < 4.78 is 33.1. The Hall–Kier alpha value is -3.77. The lowest BCUT2D eigenvalue weighted by molar-refractivity contribution is -0.120. The van der Waals surface area contributed by atoms with Crippen LogP contribution in [0.4, 0.5) is 5.69 Å². The summed E-state index contributed by atoms with van der Waals surface area (Å²) >= 11 is 0. The maximum atomic E-state index is 12.3. The number of aromatic nitrogens is 2. The Morgan fingerprint density at radius 1 is 1.22 bits per heavy atom. The summed E-state index contributed by atoms with van der Waals surface area (Å²) in [7, 11) is -2.08. The van der Waals surface area contributed by atoms with Gasteiger partial charge in [-0.1, -0.05) is 17.3 Å². The van der Waals surface area contributed by atoms with Gasteiger partial charge in [0.25, 0.3) is 5.91 Å². The van der Waals surface area contributed by atoms with Crippen LogP contribution < -0.4 is 20.1 Å². The van der Waals surface area contributed by atoms with Crippen molar-refractivity contribution in [3.8, 4) is 17.1 Å². The number of ether oxygens (including phenoxy) is 1. The van der Waals surface area contributed by atoms with Crippen LogP contribution in [0.15, 0.2) is 51.9 Å². The summed E-state index contributed by atoms with van der Waals surface area (Å²) in [5, 5.41) is 11.6. The molecule has 3 aromatic rings. The minimum Gasteiger partial charge on any atom is -0.482 e. The number of nitrogens with zero attached hydrogens (tertiary/aromatic N) is 3. The van der Waals surface area contributed by atoms with Crippen molar-refractivity contribution in [1.29, 1.82) is 0 Å². The van der Waals surface area contributed by atoms with Gasteiger partial charge in [-0.05, 0) is 42.3 Å². The predicted molar refractivity (Wildman–Crippen MR) is 112 cm³/mol. The van der Waals surface area contributed by atoms with Crippen LogP contribution in [0.3, 0.4) is 0 Å². The first-order chi connectivity index (χ1) is 15.2. The molecule has 4 rings (SSSR count). The smallest absolute Gasteiger partial charge is 0.316 e. The van der Waals surface area contributed by atoms with E-state index in [0.717, 1.165) is 5.56 Å². The molecule has 0 radical (unpaired) electrons. The van der Waals surface area contributed by atoms with Gasteiger partial charge in [0, 0.05) is 19.2 Å². The molecule has 2 aromatic carbocycles. The molecular formula is C20H19N5O6S. The number of carbonyl (C=O) groups is 2. The van der Waals surface area contributed by atoms with E-state index >= 15 is 0 Å². The van der Waals surface area contributed by atoms with Crippen molar-refractivity contribution in [1.82, 2.24) is 15.5 Å². The van der Waals surface area contributed by atoms with E-state index in [0.29, 0.717) is 23.4 Å². The zero-order valence-corrected chi connectivity index (χ0v) is 17.8. The van der Waals surface area contributed by atoms with E-state index in [1.165, 1.54) is 17.0 Å². The normalized spacial score (nSPS) is 13.4. The average molecular weight is 457 g/mol. The van der Waals surface area contributed by atoms with Crippen LogP contribution in [-0.2, 0) is 21.2 Å². The Kier molecular flexibility index (Phi) is 5.63. The second kappa shape index (κ2) is 8.40. The number of carbonyl (C=O) groups excluding carboxylic acids is 2. The summed E-state index contributed by atoms with van der Waals surface area (Å²) in [6, 6.07) is 11.2. The van der Waals surface area contributed by atoms with E-state index < -0.39 is 15.9 Å². The minimum atomic E-state index is -3.74. The fraction of sp³-hybridized carbons (Fsp3) is 0.200. The molecule has 0 fully saturated rings. The van der Waals surface area contributed by atoms with E-state index in [1.54, 1.807) is 37.4 Å². The van der Waals surface area contributed by atoms with Gasteiger partial charge in [0.1, 0.15) is 5.75 Å². The number of rotatable bonds is 6. The van der Waals surface area contributed by atoms with E-state index in [4.69, 9.17) is 14.4 Å². The number of sulfonamides is 1. The third-order valence-electron chi connectivity index (χ3n) is 4.88. The number of anilines is 1. The van der Waals surface area contributed by atoms with E-state index in [1.807, 2.05) is 0 Å². The molecule has 0 saturated heterocycles. The van der Waals surface area contributed by atoms with Gasteiger partial charge < -0.3 is 19.5 Å². The topological polar surface area (TPSA) is 158 Å². The number of primary sulfonamides is 1. The number of nitrogens with one attached hydrogen (secondary N) is 1. The third kappa shape index (κ3) is 4.45. The molecule has 166 valence electrons. The highest BCUT2D eigenvalue weighted by molar-refractivity contribution is 7.89. The van der Waals surface area contributed by atoms with Crippen molar-refractivity contribution in [3.63, 3.8) is 0 Å². The van der Waals surface area contributed by atoms with Crippen molar-refractivity contribution in [2.45, 2.75) is 11.3 Å². The summed E-state index contributed by atoms with van der Waals surface area (Å²) in [4.78, 5) is 29.7. The Morgan fingerprint density at radius 2 is 1.97 bits per heavy atom. The van der Waals surface area contributed by atoms with Crippen LogP contribution in [0.5, 0.6) is 5.75 Å². The summed E-state index contributed by atoms with van der Waals surface area (Å²) in [6.07, 6.45) is 0.464. The molecule has 1 aliphatic heterocycles. The van der Waals surface area contributed by atoms with Crippen molar-refractivity contribution < 1.29 is 27.3 Å². The maximum absolute atomic E-state index is 12.3. The molecule has 0 saturated carbocycles. The zero-order valence-electron chi connectivity index (χ0n) is 16.9. The first kappa shape index (κ1) is 21.5. The lowest BCUT2D eigenvalue weighted by Gasteiger charge is -2.25. The van der Waals surface area contributed by atoms with Gasteiger partial charge >= 0.3 is 11.8 Å². The molecular weight excluding hydrogens is 438 g/mol. The van der Waals surface area contributed by atoms with Crippen molar-refractivity contribution in [2.75, 3.05) is 25.1 Å². The first-order valence-corrected chi connectivity index (χ1v) is 11.0. The van der Waals surface area contributed by atoms with Gasteiger partial charge in [-0.25, -0.2) is 13.6 Å². The molecule has 11 nitrogen and oxygen atoms in total. The summed E-state index contributed by atoms with van der Waals surface area (Å²) in [5.41, 5.74) is 2.02. The zero-order chi connectivity index (χ0) is 22.9. The van der Waals surface area contributed by atoms with Crippen LogP contribution >= 0.6 is 0 Å². The maximum Gasteiger partial charge on any atom is 0.316 e. The van der Waals surface area contributed by atoms with Crippen LogP contribution in [0.25, 0.3) is 11.4 Å². The average Bonchev–Trinajstić information content (AvgIpc) is 3.26. The van der Waals surface area contributed by atoms with Crippen LogP contribution in [0.2, 0.25) is 0 Å². The Morgan fingerprint density at radius 3 is 2.69 bits per heavy atom. The number of fused-ring (bicyclic) bond motifs is 1. The largest absolute Gasteiger partial charge is 0.482 e. The van der Waals surface area contributed by atoms with Gasteiger partial charge in [0.05, 0.1) is 10.6 Å². The fourth-order valence-electron chi connectivity index (χ4n) is 3.09. The van der Waals surface area contributed by atoms with E-state index in [2.05, 4.69) is 15.5 Å². The number of benzene rings is 2. The second-order valence-corrected chi connectivity index (χ2v) is 8.60. The second-order valence-electron chi connectivity index (χ2n) is 7.04. The summed E-state index contributed by atoms with van der Waals surface area (Å²) in [6.45, 7) is 0.218. The molecule has 12 heteroatoms. The minimum absolute atomic E-state index is 0.0227. The van der Waals surface area contributed by atoms with Crippen molar-refractivity contribution >= 4 is 27.5 Å². The molecule has 0 spiro atoms. The fourth-order valence-corrected chi connectivity index (χ4v) is 3.61. The van der Waals surface area contributed by atoms with Crippen molar-refractivity contribution in [2.24, 2.45) is 5.14 Å². The van der Waals surface area contributed by atoms with Gasteiger partial charge in [0.2, 0.25) is 15.8 Å². The van der Waals surface area contributed by atoms with Crippen LogP contribution in [-0.4, -0.2) is 50.6 Å². The van der Waals surface area contributed by atoms with Crippen molar-refractivity contribution in [3.05, 3.63) is 53.9 Å². The van der Waals surface area contributed by atoms with Gasteiger partial charge in [0.15, 0.2) is 6.61 Å². The Bertz CT molecular complexity index is 1290. The number of hydrogen-bond donors (Lipinski definition) is 2. The van der Waals surface area contributed by atoms with Crippen LogP contribution in [0.1, 0.15) is 16.2 Å². The number of amides is 2. The lowest BCUT2D eigenvalue weighted by Crippen LogP contribution is -2.35. The first-order valence-electron chi connectivity index (χ1n) is 9.50. The molecule has 0 unspecified atom stereocenters. The predicted octanol–water partition coefficient (Wildman–Crippen LogP) is 0.712. The lowest BCUT2D eigenvalue weighted by atomic mass is 10.1. The highest BCUT2D eigenvalue weighted by Crippen LogP contribution is 2.34. The van der Waals surface area contributed by atoms with Crippen LogP contribution in [0, 0.1) is 0 Å². The highest BCUT2D eigenvalue weighted by Gasteiger charge is 2.23. The molecule has 1 aliphatic rings.